The Balaban J connectivity index is 2.58. The standard InChI is InChI=1S/C20H28NO2P/c1-19(2,3)21-24(20(4,5)6,22-17-13-9-7-10-14-17)23-18-15-11-8-12-16-18/h7-16H,1-6H3. The zero-order valence-corrected chi connectivity index (χ0v) is 16.4. The first-order chi connectivity index (χ1) is 11.1. The highest BCUT2D eigenvalue weighted by Gasteiger charge is 2.41. The maximum Gasteiger partial charge on any atom is 0.320 e. The molecule has 0 atom stereocenters. The highest BCUT2D eigenvalue weighted by Crippen LogP contribution is 2.62. The van der Waals surface area contributed by atoms with E-state index in [0.717, 1.165) is 11.5 Å². The monoisotopic (exact) mass is 345 g/mol. The number of rotatable bonds is 4. The second-order valence-corrected chi connectivity index (χ2v) is 10.7. The van der Waals surface area contributed by atoms with E-state index in [0.29, 0.717) is 0 Å². The molecule has 0 fully saturated rings. The van der Waals surface area contributed by atoms with Gasteiger partial charge >= 0.3 is 7.51 Å². The molecule has 24 heavy (non-hydrogen) atoms. The fourth-order valence-corrected chi connectivity index (χ4v) is 4.70. The lowest BCUT2D eigenvalue weighted by Crippen LogP contribution is -2.26. The van der Waals surface area contributed by atoms with E-state index in [2.05, 4.69) is 41.5 Å². The van der Waals surface area contributed by atoms with Gasteiger partial charge < -0.3 is 9.05 Å². The van der Waals surface area contributed by atoms with Gasteiger partial charge in [0.25, 0.3) is 0 Å². The third-order valence-corrected chi connectivity index (χ3v) is 6.70. The predicted molar refractivity (Wildman–Crippen MR) is 103 cm³/mol. The van der Waals surface area contributed by atoms with Crippen LogP contribution in [0.25, 0.3) is 0 Å². The van der Waals surface area contributed by atoms with Crippen LogP contribution in [0.5, 0.6) is 11.5 Å². The molecule has 0 saturated carbocycles. The lowest BCUT2D eigenvalue weighted by Gasteiger charge is -2.37. The van der Waals surface area contributed by atoms with E-state index in [1.165, 1.54) is 0 Å². The van der Waals surface area contributed by atoms with Crippen molar-refractivity contribution in [1.82, 2.24) is 0 Å². The van der Waals surface area contributed by atoms with Gasteiger partial charge in [-0.15, -0.1) is 0 Å². The van der Waals surface area contributed by atoms with Crippen LogP contribution < -0.4 is 9.05 Å². The van der Waals surface area contributed by atoms with Crippen LogP contribution >= 0.6 is 7.51 Å². The van der Waals surface area contributed by atoms with E-state index in [9.17, 15) is 0 Å². The first-order valence-electron chi connectivity index (χ1n) is 8.24. The zero-order valence-electron chi connectivity index (χ0n) is 15.5. The van der Waals surface area contributed by atoms with Crippen LogP contribution in [0.15, 0.2) is 65.4 Å². The molecular formula is C20H28NO2P. The fourth-order valence-electron chi connectivity index (χ4n) is 2.13. The zero-order chi connectivity index (χ0) is 17.8. The summed E-state index contributed by atoms with van der Waals surface area (Å²) >= 11 is 0. The number of nitrogens with zero attached hydrogens (tertiary/aromatic N) is 1. The van der Waals surface area contributed by atoms with E-state index < -0.39 is 7.51 Å². The minimum atomic E-state index is -2.62. The fraction of sp³-hybridized carbons (Fsp3) is 0.400. The molecular weight excluding hydrogens is 317 g/mol. The first kappa shape index (κ1) is 18.6. The molecule has 2 rings (SSSR count). The summed E-state index contributed by atoms with van der Waals surface area (Å²) in [5.41, 5.74) is -0.273. The van der Waals surface area contributed by atoms with E-state index in [1.54, 1.807) is 0 Å². The van der Waals surface area contributed by atoms with Gasteiger partial charge in [-0.3, -0.25) is 0 Å². The Bertz CT molecular complexity index is 652. The molecule has 0 unspecified atom stereocenters. The van der Waals surface area contributed by atoms with E-state index in [-0.39, 0.29) is 10.7 Å². The van der Waals surface area contributed by atoms with E-state index in [4.69, 9.17) is 13.8 Å². The number of benzene rings is 2. The van der Waals surface area contributed by atoms with E-state index in [1.807, 2.05) is 60.7 Å². The Hall–Kier alpha value is -1.73. The minimum Gasteiger partial charge on any atom is -0.430 e. The summed E-state index contributed by atoms with van der Waals surface area (Å²) in [6.07, 6.45) is 0. The van der Waals surface area contributed by atoms with Gasteiger partial charge in [-0.2, -0.15) is 0 Å². The molecule has 0 amide bonds. The molecule has 2 aromatic carbocycles. The largest absolute Gasteiger partial charge is 0.430 e. The summed E-state index contributed by atoms with van der Waals surface area (Å²) in [5.74, 6) is 1.56. The molecule has 3 nitrogen and oxygen atoms in total. The molecule has 0 aliphatic rings. The number of hydrogen-bond donors (Lipinski definition) is 0. The van der Waals surface area contributed by atoms with Crippen molar-refractivity contribution >= 4 is 7.51 Å². The third kappa shape index (κ3) is 4.88. The van der Waals surface area contributed by atoms with Crippen molar-refractivity contribution in [3.8, 4) is 11.5 Å². The summed E-state index contributed by atoms with van der Waals surface area (Å²) in [6, 6.07) is 19.6. The van der Waals surface area contributed by atoms with Crippen molar-refractivity contribution in [2.24, 2.45) is 4.74 Å². The predicted octanol–water partition coefficient (Wildman–Crippen LogP) is 6.77. The molecule has 0 heterocycles. The lowest BCUT2D eigenvalue weighted by molar-refractivity contribution is 0.422. The molecule has 0 aliphatic carbocycles. The topological polar surface area (TPSA) is 30.8 Å². The minimum absolute atomic E-state index is 0.272. The number of para-hydroxylation sites is 2. The van der Waals surface area contributed by atoms with Crippen molar-refractivity contribution in [2.45, 2.75) is 52.2 Å². The molecule has 130 valence electrons. The van der Waals surface area contributed by atoms with Crippen LogP contribution in [0.3, 0.4) is 0 Å². The van der Waals surface area contributed by atoms with Crippen LogP contribution in [-0.2, 0) is 0 Å². The molecule has 0 spiro atoms. The second-order valence-electron chi connectivity index (χ2n) is 7.77. The Morgan fingerprint density at radius 2 is 1.04 bits per heavy atom. The summed E-state index contributed by atoms with van der Waals surface area (Å²) in [4.78, 5) is 0. The van der Waals surface area contributed by atoms with Gasteiger partial charge in [0.15, 0.2) is 0 Å². The molecule has 0 aromatic heterocycles. The average molecular weight is 345 g/mol. The van der Waals surface area contributed by atoms with Gasteiger partial charge in [0.1, 0.15) is 11.5 Å². The molecule has 4 heteroatoms. The quantitative estimate of drug-likeness (QED) is 0.572. The highest BCUT2D eigenvalue weighted by molar-refractivity contribution is 7.59. The molecule has 0 bridgehead atoms. The number of hydrogen-bond acceptors (Lipinski definition) is 3. The Morgan fingerprint density at radius 3 is 1.33 bits per heavy atom. The maximum absolute atomic E-state index is 6.47. The summed E-state index contributed by atoms with van der Waals surface area (Å²) < 4.78 is 18.0. The molecule has 2 aromatic rings. The maximum atomic E-state index is 6.47. The van der Waals surface area contributed by atoms with Gasteiger partial charge in [-0.05, 0) is 65.8 Å². The lowest BCUT2D eigenvalue weighted by atomic mass is 10.1. The SMILES string of the molecule is CC(C)(C)N=P(Oc1ccccc1)(Oc1ccccc1)C(C)(C)C. The molecule has 0 aliphatic heterocycles. The van der Waals surface area contributed by atoms with Gasteiger partial charge in [-0.1, -0.05) is 36.4 Å². The van der Waals surface area contributed by atoms with Gasteiger partial charge in [0.2, 0.25) is 0 Å². The van der Waals surface area contributed by atoms with Crippen LogP contribution in [0.1, 0.15) is 41.5 Å². The van der Waals surface area contributed by atoms with Gasteiger partial charge in [0.05, 0.1) is 10.7 Å². The smallest absolute Gasteiger partial charge is 0.320 e. The van der Waals surface area contributed by atoms with Crippen LogP contribution in [0.2, 0.25) is 0 Å². The van der Waals surface area contributed by atoms with Crippen LogP contribution in [0.4, 0.5) is 0 Å². The Morgan fingerprint density at radius 1 is 0.667 bits per heavy atom. The van der Waals surface area contributed by atoms with Crippen molar-refractivity contribution in [1.29, 1.82) is 0 Å². The Labute approximate surface area is 146 Å². The van der Waals surface area contributed by atoms with Crippen molar-refractivity contribution in [3.05, 3.63) is 60.7 Å². The summed E-state index contributed by atoms with van der Waals surface area (Å²) in [6.45, 7) is 12.6. The van der Waals surface area contributed by atoms with E-state index >= 15 is 0 Å². The first-order valence-corrected chi connectivity index (χ1v) is 9.82. The van der Waals surface area contributed by atoms with Crippen molar-refractivity contribution in [3.63, 3.8) is 0 Å². The molecule has 0 N–H and O–H groups in total. The Kier molecular flexibility index (Phi) is 5.45. The highest BCUT2D eigenvalue weighted by atomic mass is 31.2. The van der Waals surface area contributed by atoms with Crippen molar-refractivity contribution in [2.75, 3.05) is 0 Å². The second kappa shape index (κ2) is 7.03. The third-order valence-electron chi connectivity index (χ3n) is 3.22. The summed E-state index contributed by atoms with van der Waals surface area (Å²) in [7, 11) is -2.62. The molecule has 0 radical (unpaired) electrons. The average Bonchev–Trinajstić information content (AvgIpc) is 2.46. The van der Waals surface area contributed by atoms with Crippen molar-refractivity contribution < 1.29 is 9.05 Å². The van der Waals surface area contributed by atoms with Crippen LogP contribution in [-0.4, -0.2) is 10.7 Å². The normalized spacial score (nSPS) is 12.6. The molecule has 0 saturated heterocycles. The van der Waals surface area contributed by atoms with Gasteiger partial charge in [0, 0.05) is 0 Å². The van der Waals surface area contributed by atoms with Crippen LogP contribution in [0, 0.1) is 0 Å². The van der Waals surface area contributed by atoms with Gasteiger partial charge in [-0.25, -0.2) is 4.74 Å². The summed E-state index contributed by atoms with van der Waals surface area (Å²) in [5, 5.41) is -0.272.